The predicted molar refractivity (Wildman–Crippen MR) is 125 cm³/mol. The highest BCUT2D eigenvalue weighted by molar-refractivity contribution is 5.79. The number of rotatable bonds is 9. The van der Waals surface area contributed by atoms with E-state index in [9.17, 15) is 14.7 Å². The number of amides is 2. The predicted octanol–water partition coefficient (Wildman–Crippen LogP) is 0.938. The monoisotopic (exact) mass is 438 g/mol. The van der Waals surface area contributed by atoms with Crippen molar-refractivity contribution in [2.24, 2.45) is 11.5 Å². The van der Waals surface area contributed by atoms with Crippen molar-refractivity contribution in [2.75, 3.05) is 26.2 Å². The van der Waals surface area contributed by atoms with Crippen LogP contribution in [0.5, 0.6) is 0 Å². The van der Waals surface area contributed by atoms with Crippen LogP contribution in [0.4, 0.5) is 0 Å². The molecule has 2 aromatic rings. The summed E-state index contributed by atoms with van der Waals surface area (Å²) >= 11 is 0. The Kier molecular flexibility index (Phi) is 8.79. The maximum Gasteiger partial charge on any atom is 0.225 e. The number of aliphatic hydroxyl groups is 1. The van der Waals surface area contributed by atoms with Crippen molar-refractivity contribution in [3.63, 3.8) is 0 Å². The molecule has 3 rings (SSSR count). The van der Waals surface area contributed by atoms with E-state index in [0.717, 1.165) is 11.1 Å². The molecule has 3 atom stereocenters. The summed E-state index contributed by atoms with van der Waals surface area (Å²) in [6.07, 6.45) is 0.547. The molecular weight excluding hydrogens is 404 g/mol. The summed E-state index contributed by atoms with van der Waals surface area (Å²) in [7, 11) is 0. The number of carbonyl (C=O) groups excluding carboxylic acids is 2. The van der Waals surface area contributed by atoms with E-state index in [1.54, 1.807) is 9.80 Å². The molecule has 0 spiro atoms. The minimum Gasteiger partial charge on any atom is -0.391 e. The lowest BCUT2D eigenvalue weighted by Gasteiger charge is -2.36. The van der Waals surface area contributed by atoms with Crippen LogP contribution in [-0.4, -0.2) is 71.1 Å². The third kappa shape index (κ3) is 7.15. The van der Waals surface area contributed by atoms with Gasteiger partial charge in [0.2, 0.25) is 11.8 Å². The first-order chi connectivity index (χ1) is 15.4. The van der Waals surface area contributed by atoms with E-state index >= 15 is 0 Å². The minimum absolute atomic E-state index is 0.0100. The maximum atomic E-state index is 12.6. The molecule has 1 heterocycles. The second-order valence-corrected chi connectivity index (χ2v) is 8.54. The molecule has 2 amide bonds. The quantitative estimate of drug-likeness (QED) is 0.539. The van der Waals surface area contributed by atoms with Crippen molar-refractivity contribution >= 4 is 11.8 Å². The topological polar surface area (TPSA) is 113 Å². The van der Waals surface area contributed by atoms with Gasteiger partial charge in [0.1, 0.15) is 0 Å². The molecule has 0 saturated carbocycles. The molecule has 0 aliphatic carbocycles. The summed E-state index contributed by atoms with van der Waals surface area (Å²) in [5.41, 5.74) is 14.4. The van der Waals surface area contributed by atoms with Crippen molar-refractivity contribution in [2.45, 2.75) is 43.9 Å². The van der Waals surface area contributed by atoms with Crippen molar-refractivity contribution in [3.8, 4) is 0 Å². The van der Waals surface area contributed by atoms with Gasteiger partial charge in [0, 0.05) is 44.7 Å². The smallest absolute Gasteiger partial charge is 0.225 e. The number of nitrogens with zero attached hydrogens (tertiary/aromatic N) is 2. The Morgan fingerprint density at radius 2 is 1.19 bits per heavy atom. The molecule has 1 aliphatic heterocycles. The molecule has 32 heavy (non-hydrogen) atoms. The van der Waals surface area contributed by atoms with Crippen LogP contribution < -0.4 is 11.5 Å². The highest BCUT2D eigenvalue weighted by Gasteiger charge is 2.27. The molecular formula is C25H34N4O3. The van der Waals surface area contributed by atoms with Crippen LogP contribution >= 0.6 is 0 Å². The van der Waals surface area contributed by atoms with Crippen LogP contribution in [0.3, 0.4) is 0 Å². The van der Waals surface area contributed by atoms with Crippen molar-refractivity contribution in [1.29, 1.82) is 0 Å². The first kappa shape index (κ1) is 23.9. The Balaban J connectivity index is 1.39. The van der Waals surface area contributed by atoms with Crippen LogP contribution in [0.1, 0.15) is 24.0 Å². The number of piperazine rings is 1. The average molecular weight is 439 g/mol. The number of aliphatic hydroxyl groups excluding tert-OH is 1. The van der Waals surface area contributed by atoms with Gasteiger partial charge in [-0.15, -0.1) is 0 Å². The molecule has 2 aromatic carbocycles. The summed E-state index contributed by atoms with van der Waals surface area (Å²) in [5.74, 6) is -0.112. The molecule has 5 N–H and O–H groups in total. The lowest BCUT2D eigenvalue weighted by molar-refractivity contribution is -0.141. The molecule has 1 saturated heterocycles. The van der Waals surface area contributed by atoms with Crippen molar-refractivity contribution in [1.82, 2.24) is 9.80 Å². The summed E-state index contributed by atoms with van der Waals surface area (Å²) in [5, 5.41) is 10.4. The van der Waals surface area contributed by atoms with E-state index in [4.69, 9.17) is 11.5 Å². The first-order valence-corrected chi connectivity index (χ1v) is 11.2. The average Bonchev–Trinajstić information content (AvgIpc) is 2.80. The number of carbonyl (C=O) groups is 2. The van der Waals surface area contributed by atoms with Gasteiger partial charge in [0.25, 0.3) is 0 Å². The zero-order valence-electron chi connectivity index (χ0n) is 18.5. The van der Waals surface area contributed by atoms with E-state index in [1.807, 2.05) is 60.7 Å². The molecule has 0 aromatic heterocycles. The molecule has 0 radical (unpaired) electrons. The normalized spacial score (nSPS) is 17.0. The van der Waals surface area contributed by atoms with E-state index < -0.39 is 12.1 Å². The van der Waals surface area contributed by atoms with Crippen LogP contribution in [0.15, 0.2) is 60.7 Å². The summed E-state index contributed by atoms with van der Waals surface area (Å²) in [4.78, 5) is 28.7. The molecule has 1 aliphatic rings. The van der Waals surface area contributed by atoms with Gasteiger partial charge in [0.05, 0.1) is 12.5 Å². The Hall–Kier alpha value is -2.74. The van der Waals surface area contributed by atoms with Gasteiger partial charge in [0.15, 0.2) is 0 Å². The summed E-state index contributed by atoms with van der Waals surface area (Å²) in [6.45, 7) is 1.88. The standard InChI is InChI=1S/C25H34N4O3/c26-21(15-19-7-3-1-4-8-19)17-24(31)28-11-13-29(14-12-28)25(32)18-23(30)22(27)16-20-9-5-2-6-10-20/h1-10,21-23,30H,11-18,26-27H2. The lowest BCUT2D eigenvalue weighted by Crippen LogP contribution is -2.52. The lowest BCUT2D eigenvalue weighted by atomic mass is 9.99. The van der Waals surface area contributed by atoms with Crippen LogP contribution in [0, 0.1) is 0 Å². The molecule has 0 bridgehead atoms. The first-order valence-electron chi connectivity index (χ1n) is 11.2. The van der Waals surface area contributed by atoms with Gasteiger partial charge >= 0.3 is 0 Å². The number of nitrogens with two attached hydrogens (primary N) is 2. The van der Waals surface area contributed by atoms with Crippen LogP contribution in [-0.2, 0) is 22.4 Å². The van der Waals surface area contributed by atoms with Gasteiger partial charge in [-0.25, -0.2) is 0 Å². The molecule has 7 heteroatoms. The third-order valence-electron chi connectivity index (χ3n) is 5.95. The fourth-order valence-electron chi connectivity index (χ4n) is 4.03. The minimum atomic E-state index is -0.904. The van der Waals surface area contributed by atoms with E-state index in [1.165, 1.54) is 0 Å². The van der Waals surface area contributed by atoms with Crippen molar-refractivity contribution < 1.29 is 14.7 Å². The maximum absolute atomic E-state index is 12.6. The molecule has 172 valence electrons. The summed E-state index contributed by atoms with van der Waals surface area (Å²) in [6, 6.07) is 18.9. The molecule has 1 fully saturated rings. The molecule has 7 nitrogen and oxygen atoms in total. The Morgan fingerprint density at radius 1 is 0.750 bits per heavy atom. The Bertz CT molecular complexity index is 854. The second kappa shape index (κ2) is 11.8. The van der Waals surface area contributed by atoms with Gasteiger partial charge < -0.3 is 26.4 Å². The van der Waals surface area contributed by atoms with Gasteiger partial charge in [-0.2, -0.15) is 0 Å². The third-order valence-corrected chi connectivity index (χ3v) is 5.95. The largest absolute Gasteiger partial charge is 0.391 e. The van der Waals surface area contributed by atoms with E-state index in [2.05, 4.69) is 0 Å². The van der Waals surface area contributed by atoms with Crippen LogP contribution in [0.2, 0.25) is 0 Å². The Labute approximate surface area is 190 Å². The highest BCUT2D eigenvalue weighted by atomic mass is 16.3. The fraction of sp³-hybridized carbons (Fsp3) is 0.440. The number of hydrogen-bond donors (Lipinski definition) is 3. The van der Waals surface area contributed by atoms with E-state index in [-0.39, 0.29) is 30.7 Å². The van der Waals surface area contributed by atoms with Gasteiger partial charge in [-0.3, -0.25) is 9.59 Å². The fourth-order valence-corrected chi connectivity index (χ4v) is 4.03. The Morgan fingerprint density at radius 3 is 1.69 bits per heavy atom. The molecule has 3 unspecified atom stereocenters. The second-order valence-electron chi connectivity index (χ2n) is 8.54. The SMILES string of the molecule is NC(CC(=O)N1CCN(C(=O)CC(O)C(N)Cc2ccccc2)CC1)Cc1ccccc1. The van der Waals surface area contributed by atoms with Gasteiger partial charge in [-0.1, -0.05) is 60.7 Å². The van der Waals surface area contributed by atoms with Gasteiger partial charge in [-0.05, 0) is 24.0 Å². The number of benzene rings is 2. The zero-order chi connectivity index (χ0) is 22.9. The van der Waals surface area contributed by atoms with E-state index in [0.29, 0.717) is 39.0 Å². The van der Waals surface area contributed by atoms with Crippen LogP contribution in [0.25, 0.3) is 0 Å². The van der Waals surface area contributed by atoms with Crippen molar-refractivity contribution in [3.05, 3.63) is 71.8 Å². The summed E-state index contributed by atoms with van der Waals surface area (Å²) < 4.78 is 0. The zero-order valence-corrected chi connectivity index (χ0v) is 18.5. The highest BCUT2D eigenvalue weighted by Crippen LogP contribution is 2.12. The number of hydrogen-bond acceptors (Lipinski definition) is 5.